The number of aliphatic imine (C=N–C) groups is 1. The van der Waals surface area contributed by atoms with Gasteiger partial charge in [-0.2, -0.15) is 10.2 Å². The van der Waals surface area contributed by atoms with Crippen LogP contribution in [-0.2, 0) is 11.8 Å². The van der Waals surface area contributed by atoms with Gasteiger partial charge in [-0.05, 0) is 23.8 Å². The molecular formula is C21H27ClIN7O. The van der Waals surface area contributed by atoms with E-state index in [0.29, 0.717) is 13.2 Å². The topological polar surface area (TPSA) is 72.5 Å². The summed E-state index contributed by atoms with van der Waals surface area (Å²) in [5.41, 5.74) is 2.20. The summed E-state index contributed by atoms with van der Waals surface area (Å²) in [7, 11) is 3.72. The van der Waals surface area contributed by atoms with Gasteiger partial charge in [0, 0.05) is 56.4 Å². The highest BCUT2D eigenvalue weighted by Gasteiger charge is 2.26. The molecule has 166 valence electrons. The minimum Gasteiger partial charge on any atom is -0.370 e. The Kier molecular flexibility index (Phi) is 8.33. The zero-order chi connectivity index (χ0) is 20.9. The molecule has 31 heavy (non-hydrogen) atoms. The van der Waals surface area contributed by atoms with E-state index in [4.69, 9.17) is 16.3 Å². The van der Waals surface area contributed by atoms with Crippen LogP contribution in [0.15, 0.2) is 60.1 Å². The first-order valence-electron chi connectivity index (χ1n) is 9.94. The van der Waals surface area contributed by atoms with Gasteiger partial charge in [-0.3, -0.25) is 14.4 Å². The average molecular weight is 556 g/mol. The van der Waals surface area contributed by atoms with Crippen molar-refractivity contribution < 1.29 is 4.74 Å². The predicted octanol–water partition coefficient (Wildman–Crippen LogP) is 3.13. The SMILES string of the molecule is CN=C(NCC(c1ccc(Cl)cc1)n1cccn1)N1CCOC(c2cnn(C)c2)C1.I. The van der Waals surface area contributed by atoms with Gasteiger partial charge in [0.15, 0.2) is 5.96 Å². The Bertz CT molecular complexity index is 974. The van der Waals surface area contributed by atoms with Crippen molar-refractivity contribution in [3.63, 3.8) is 0 Å². The van der Waals surface area contributed by atoms with Gasteiger partial charge in [0.2, 0.25) is 0 Å². The Balaban J connectivity index is 0.00000272. The lowest BCUT2D eigenvalue weighted by Crippen LogP contribution is -2.49. The number of ether oxygens (including phenoxy) is 1. The largest absolute Gasteiger partial charge is 0.370 e. The Labute approximate surface area is 204 Å². The summed E-state index contributed by atoms with van der Waals surface area (Å²) in [6.45, 7) is 2.79. The maximum atomic E-state index is 6.08. The summed E-state index contributed by atoms with van der Waals surface area (Å²) >= 11 is 6.08. The lowest BCUT2D eigenvalue weighted by Gasteiger charge is -2.35. The molecule has 1 saturated heterocycles. The molecule has 0 bridgehead atoms. The molecule has 1 aliphatic rings. The van der Waals surface area contributed by atoms with E-state index in [-0.39, 0.29) is 36.1 Å². The minimum absolute atomic E-state index is 0. The summed E-state index contributed by atoms with van der Waals surface area (Å²) in [4.78, 5) is 6.74. The van der Waals surface area contributed by atoms with Crippen LogP contribution in [0, 0.1) is 0 Å². The number of benzene rings is 1. The number of guanidine groups is 1. The zero-order valence-electron chi connectivity index (χ0n) is 17.6. The Morgan fingerprint density at radius 2 is 2.13 bits per heavy atom. The van der Waals surface area contributed by atoms with Crippen LogP contribution in [0.4, 0.5) is 0 Å². The fraction of sp³-hybridized carbons (Fsp3) is 0.381. The zero-order valence-corrected chi connectivity index (χ0v) is 20.6. The van der Waals surface area contributed by atoms with Crippen molar-refractivity contribution in [1.29, 1.82) is 0 Å². The van der Waals surface area contributed by atoms with Crippen LogP contribution in [0.5, 0.6) is 0 Å². The van der Waals surface area contributed by atoms with E-state index in [1.54, 1.807) is 10.9 Å². The lowest BCUT2D eigenvalue weighted by molar-refractivity contribution is -0.00805. The van der Waals surface area contributed by atoms with Crippen molar-refractivity contribution in [3.8, 4) is 0 Å². The average Bonchev–Trinajstić information content (AvgIpc) is 3.44. The Morgan fingerprint density at radius 3 is 2.77 bits per heavy atom. The van der Waals surface area contributed by atoms with Gasteiger partial charge < -0.3 is 15.0 Å². The van der Waals surface area contributed by atoms with E-state index < -0.39 is 0 Å². The van der Waals surface area contributed by atoms with Crippen molar-refractivity contribution in [2.75, 3.05) is 33.3 Å². The van der Waals surface area contributed by atoms with Gasteiger partial charge >= 0.3 is 0 Å². The number of rotatable bonds is 5. The van der Waals surface area contributed by atoms with Crippen molar-refractivity contribution in [2.45, 2.75) is 12.1 Å². The number of nitrogens with one attached hydrogen (secondary N) is 1. The van der Waals surface area contributed by atoms with Crippen LogP contribution in [0.2, 0.25) is 5.02 Å². The van der Waals surface area contributed by atoms with Gasteiger partial charge in [-0.15, -0.1) is 24.0 Å². The number of hydrogen-bond acceptors (Lipinski definition) is 4. The molecule has 1 aromatic carbocycles. The fourth-order valence-electron chi connectivity index (χ4n) is 3.68. The monoisotopic (exact) mass is 555 g/mol. The second-order valence-electron chi connectivity index (χ2n) is 7.23. The molecule has 0 amide bonds. The van der Waals surface area contributed by atoms with E-state index >= 15 is 0 Å². The Morgan fingerprint density at radius 1 is 1.32 bits per heavy atom. The van der Waals surface area contributed by atoms with Crippen LogP contribution in [-0.4, -0.2) is 63.7 Å². The van der Waals surface area contributed by atoms with Crippen molar-refractivity contribution in [1.82, 2.24) is 29.8 Å². The highest BCUT2D eigenvalue weighted by molar-refractivity contribution is 14.0. The molecule has 4 rings (SSSR count). The number of aromatic nitrogens is 4. The first-order chi connectivity index (χ1) is 14.6. The second kappa shape index (κ2) is 11.0. The molecule has 3 heterocycles. The van der Waals surface area contributed by atoms with Crippen LogP contribution >= 0.6 is 35.6 Å². The normalized spacial score (nSPS) is 17.8. The second-order valence-corrected chi connectivity index (χ2v) is 7.67. The summed E-state index contributed by atoms with van der Waals surface area (Å²) in [5, 5.41) is 13.0. The molecule has 2 atom stereocenters. The summed E-state index contributed by atoms with van der Waals surface area (Å²) in [6.07, 6.45) is 7.59. The summed E-state index contributed by atoms with van der Waals surface area (Å²) in [5.74, 6) is 0.846. The smallest absolute Gasteiger partial charge is 0.193 e. The van der Waals surface area contributed by atoms with Crippen molar-refractivity contribution in [3.05, 3.63) is 71.3 Å². The quantitative estimate of drug-likeness (QED) is 0.298. The first-order valence-corrected chi connectivity index (χ1v) is 10.3. The van der Waals surface area contributed by atoms with E-state index in [1.165, 1.54) is 0 Å². The lowest BCUT2D eigenvalue weighted by atomic mass is 10.1. The molecule has 1 aliphatic heterocycles. The van der Waals surface area contributed by atoms with Gasteiger partial charge in [0.05, 0.1) is 25.4 Å². The van der Waals surface area contributed by atoms with E-state index in [1.807, 2.05) is 67.7 Å². The Hall–Kier alpha value is -2.11. The fourth-order valence-corrected chi connectivity index (χ4v) is 3.81. The van der Waals surface area contributed by atoms with Crippen LogP contribution in [0.1, 0.15) is 23.3 Å². The highest BCUT2D eigenvalue weighted by Crippen LogP contribution is 2.22. The van der Waals surface area contributed by atoms with E-state index in [9.17, 15) is 0 Å². The molecule has 2 unspecified atom stereocenters. The number of nitrogens with zero attached hydrogens (tertiary/aromatic N) is 6. The predicted molar refractivity (Wildman–Crippen MR) is 132 cm³/mol. The van der Waals surface area contributed by atoms with Gasteiger partial charge in [-0.25, -0.2) is 0 Å². The molecule has 2 aromatic heterocycles. The standard InChI is InChI=1S/C21H26ClN7O.HI/c1-23-21(28-10-11-30-20(15-28)17-12-26-27(2)14-17)24-13-19(29-9-3-8-25-29)16-4-6-18(22)7-5-16;/h3-9,12,14,19-20H,10-11,13,15H2,1-2H3,(H,23,24);1H. The molecule has 8 nitrogen and oxygen atoms in total. The molecule has 0 spiro atoms. The maximum absolute atomic E-state index is 6.08. The number of morpholine rings is 1. The van der Waals surface area contributed by atoms with E-state index in [2.05, 4.69) is 25.4 Å². The summed E-state index contributed by atoms with van der Waals surface area (Å²) < 4.78 is 9.71. The molecule has 10 heteroatoms. The van der Waals surface area contributed by atoms with Crippen molar-refractivity contribution >= 4 is 41.5 Å². The van der Waals surface area contributed by atoms with Gasteiger partial charge in [-0.1, -0.05) is 23.7 Å². The molecule has 3 aromatic rings. The first kappa shape index (κ1) is 23.6. The van der Waals surface area contributed by atoms with Crippen LogP contribution in [0.3, 0.4) is 0 Å². The molecule has 0 radical (unpaired) electrons. The molecule has 1 fully saturated rings. The third kappa shape index (κ3) is 5.78. The molecule has 0 aliphatic carbocycles. The third-order valence-electron chi connectivity index (χ3n) is 5.23. The molecular weight excluding hydrogens is 529 g/mol. The van der Waals surface area contributed by atoms with Gasteiger partial charge in [0.1, 0.15) is 6.10 Å². The van der Waals surface area contributed by atoms with Crippen LogP contribution < -0.4 is 5.32 Å². The molecule has 0 saturated carbocycles. The minimum atomic E-state index is -0.0239. The van der Waals surface area contributed by atoms with Crippen molar-refractivity contribution in [2.24, 2.45) is 12.0 Å². The number of aryl methyl sites for hydroxylation is 1. The molecule has 1 N–H and O–H groups in total. The number of hydrogen-bond donors (Lipinski definition) is 1. The highest BCUT2D eigenvalue weighted by atomic mass is 127. The number of halogens is 2. The van der Waals surface area contributed by atoms with Gasteiger partial charge in [0.25, 0.3) is 0 Å². The van der Waals surface area contributed by atoms with E-state index in [0.717, 1.165) is 35.2 Å². The summed E-state index contributed by atoms with van der Waals surface area (Å²) in [6, 6.07) is 9.83. The third-order valence-corrected chi connectivity index (χ3v) is 5.48. The van der Waals surface area contributed by atoms with Crippen LogP contribution in [0.25, 0.3) is 0 Å². The maximum Gasteiger partial charge on any atom is 0.193 e.